The first-order chi connectivity index (χ1) is 5.79. The first-order valence-electron chi connectivity index (χ1n) is 4.00. The van der Waals surface area contributed by atoms with Crippen LogP contribution in [0, 0.1) is 0 Å². The number of hydrogen-bond donors (Lipinski definition) is 0. The highest BCUT2D eigenvalue weighted by Gasteiger charge is 1.86. The van der Waals surface area contributed by atoms with Crippen molar-refractivity contribution in [3.05, 3.63) is 48.0 Å². The maximum absolute atomic E-state index is 10.5. The monoisotopic (exact) mass is 160 g/mol. The fourth-order valence-electron chi connectivity index (χ4n) is 0.975. The molecule has 0 spiro atoms. The lowest BCUT2D eigenvalue weighted by Gasteiger charge is -1.92. The molecule has 1 rings (SSSR count). The second-order valence-electron chi connectivity index (χ2n) is 2.70. The van der Waals surface area contributed by atoms with E-state index in [9.17, 15) is 4.79 Å². The molecule has 0 N–H and O–H groups in total. The summed E-state index contributed by atoms with van der Waals surface area (Å²) in [5, 5.41) is 0. The standard InChI is InChI=1S/C11H12O/c1-10(12)6-5-9-11-7-3-2-4-8-11/h2-8H,9H2,1H3/b6-5+. The molecule has 0 saturated carbocycles. The molecule has 0 heterocycles. The fraction of sp³-hybridized carbons (Fsp3) is 0.182. The summed E-state index contributed by atoms with van der Waals surface area (Å²) in [6, 6.07) is 10.1. The molecule has 0 fully saturated rings. The van der Waals surface area contributed by atoms with Gasteiger partial charge in [-0.05, 0) is 25.0 Å². The normalized spacial score (nSPS) is 10.4. The van der Waals surface area contributed by atoms with Crippen LogP contribution in [0.3, 0.4) is 0 Å². The molecule has 1 aromatic carbocycles. The molecule has 0 bridgehead atoms. The van der Waals surface area contributed by atoms with Gasteiger partial charge in [-0.25, -0.2) is 0 Å². The van der Waals surface area contributed by atoms with E-state index in [-0.39, 0.29) is 5.78 Å². The Kier molecular flexibility index (Phi) is 3.27. The van der Waals surface area contributed by atoms with Crippen molar-refractivity contribution in [3.8, 4) is 0 Å². The molecule has 1 aromatic rings. The molecule has 1 heteroatoms. The number of ketones is 1. The minimum absolute atomic E-state index is 0.103. The maximum Gasteiger partial charge on any atom is 0.152 e. The van der Waals surface area contributed by atoms with Crippen molar-refractivity contribution in [2.75, 3.05) is 0 Å². The van der Waals surface area contributed by atoms with E-state index in [1.54, 1.807) is 13.0 Å². The number of benzene rings is 1. The second-order valence-corrected chi connectivity index (χ2v) is 2.70. The van der Waals surface area contributed by atoms with Gasteiger partial charge < -0.3 is 0 Å². The van der Waals surface area contributed by atoms with Gasteiger partial charge >= 0.3 is 0 Å². The van der Waals surface area contributed by atoms with Crippen LogP contribution in [-0.2, 0) is 11.2 Å². The van der Waals surface area contributed by atoms with E-state index in [0.717, 1.165) is 6.42 Å². The molecular formula is C11H12O. The predicted octanol–water partition coefficient (Wildman–Crippen LogP) is 2.37. The van der Waals surface area contributed by atoms with Gasteiger partial charge in [0.25, 0.3) is 0 Å². The van der Waals surface area contributed by atoms with E-state index in [1.165, 1.54) is 5.56 Å². The van der Waals surface area contributed by atoms with Gasteiger partial charge in [0.05, 0.1) is 0 Å². The van der Waals surface area contributed by atoms with Gasteiger partial charge in [-0.1, -0.05) is 36.4 Å². The SMILES string of the molecule is CC(=O)/C=C/Cc1ccccc1. The average molecular weight is 160 g/mol. The number of allylic oxidation sites excluding steroid dienone is 2. The van der Waals surface area contributed by atoms with E-state index in [0.29, 0.717) is 0 Å². The Bertz CT molecular complexity index is 272. The molecule has 1 nitrogen and oxygen atoms in total. The highest BCUT2D eigenvalue weighted by atomic mass is 16.1. The Morgan fingerprint density at radius 3 is 2.58 bits per heavy atom. The van der Waals surface area contributed by atoms with Crippen LogP contribution in [0.2, 0.25) is 0 Å². The third-order valence-electron chi connectivity index (χ3n) is 1.55. The van der Waals surface area contributed by atoms with E-state index in [1.807, 2.05) is 36.4 Å². The molecule has 0 aromatic heterocycles. The van der Waals surface area contributed by atoms with Gasteiger partial charge in [0.15, 0.2) is 5.78 Å². The lowest BCUT2D eigenvalue weighted by atomic mass is 10.1. The van der Waals surface area contributed by atoms with Crippen LogP contribution < -0.4 is 0 Å². The topological polar surface area (TPSA) is 17.1 Å². The zero-order chi connectivity index (χ0) is 8.81. The summed E-state index contributed by atoms with van der Waals surface area (Å²) in [4.78, 5) is 10.5. The first kappa shape index (κ1) is 8.72. The molecular weight excluding hydrogens is 148 g/mol. The minimum atomic E-state index is 0.103. The van der Waals surface area contributed by atoms with Gasteiger partial charge in [0.1, 0.15) is 0 Å². The molecule has 0 aliphatic rings. The van der Waals surface area contributed by atoms with E-state index in [2.05, 4.69) is 0 Å². The molecule has 0 saturated heterocycles. The van der Waals surface area contributed by atoms with Crippen LogP contribution >= 0.6 is 0 Å². The van der Waals surface area contributed by atoms with Gasteiger partial charge in [-0.2, -0.15) is 0 Å². The second kappa shape index (κ2) is 4.50. The molecule has 0 amide bonds. The van der Waals surface area contributed by atoms with Crippen molar-refractivity contribution in [3.63, 3.8) is 0 Å². The summed E-state index contributed by atoms with van der Waals surface area (Å²) in [6.07, 6.45) is 4.32. The lowest BCUT2D eigenvalue weighted by molar-refractivity contribution is -0.112. The first-order valence-corrected chi connectivity index (χ1v) is 4.00. The van der Waals surface area contributed by atoms with Gasteiger partial charge in [-0.15, -0.1) is 0 Å². The third-order valence-corrected chi connectivity index (χ3v) is 1.55. The minimum Gasteiger partial charge on any atom is -0.295 e. The summed E-state index contributed by atoms with van der Waals surface area (Å²) in [5.74, 6) is 0.103. The molecule has 62 valence electrons. The number of carbonyl (C=O) groups is 1. The summed E-state index contributed by atoms with van der Waals surface area (Å²) in [6.45, 7) is 1.56. The van der Waals surface area contributed by atoms with Crippen molar-refractivity contribution in [2.24, 2.45) is 0 Å². The quantitative estimate of drug-likeness (QED) is 0.620. The van der Waals surface area contributed by atoms with Crippen LogP contribution in [-0.4, -0.2) is 5.78 Å². The van der Waals surface area contributed by atoms with Crippen molar-refractivity contribution >= 4 is 5.78 Å². The van der Waals surface area contributed by atoms with E-state index < -0.39 is 0 Å². The fourth-order valence-corrected chi connectivity index (χ4v) is 0.975. The summed E-state index contributed by atoms with van der Waals surface area (Å²) < 4.78 is 0. The molecule has 0 aliphatic carbocycles. The summed E-state index contributed by atoms with van der Waals surface area (Å²) in [5.41, 5.74) is 1.23. The van der Waals surface area contributed by atoms with Crippen molar-refractivity contribution in [1.29, 1.82) is 0 Å². The highest BCUT2D eigenvalue weighted by Crippen LogP contribution is 1.99. The van der Waals surface area contributed by atoms with E-state index in [4.69, 9.17) is 0 Å². The van der Waals surface area contributed by atoms with Gasteiger partial charge in [0.2, 0.25) is 0 Å². The van der Waals surface area contributed by atoms with Gasteiger partial charge in [-0.3, -0.25) is 4.79 Å². The molecule has 0 atom stereocenters. The molecule has 0 aliphatic heterocycles. The van der Waals surface area contributed by atoms with Crippen molar-refractivity contribution in [2.45, 2.75) is 13.3 Å². The zero-order valence-corrected chi connectivity index (χ0v) is 7.16. The number of rotatable bonds is 3. The third kappa shape index (κ3) is 3.15. The average Bonchev–Trinajstić information content (AvgIpc) is 2.05. The Morgan fingerprint density at radius 1 is 1.33 bits per heavy atom. The predicted molar refractivity (Wildman–Crippen MR) is 50.0 cm³/mol. The van der Waals surface area contributed by atoms with Crippen molar-refractivity contribution < 1.29 is 4.79 Å². The highest BCUT2D eigenvalue weighted by molar-refractivity contribution is 5.87. The Hall–Kier alpha value is -1.37. The molecule has 12 heavy (non-hydrogen) atoms. The van der Waals surface area contributed by atoms with Crippen molar-refractivity contribution in [1.82, 2.24) is 0 Å². The molecule has 0 unspecified atom stereocenters. The zero-order valence-electron chi connectivity index (χ0n) is 7.16. The van der Waals surface area contributed by atoms with Crippen LogP contribution in [0.4, 0.5) is 0 Å². The Morgan fingerprint density at radius 2 is 2.00 bits per heavy atom. The number of carbonyl (C=O) groups excluding carboxylic acids is 1. The number of hydrogen-bond acceptors (Lipinski definition) is 1. The summed E-state index contributed by atoms with van der Waals surface area (Å²) in [7, 11) is 0. The Balaban J connectivity index is 2.49. The Labute approximate surface area is 72.7 Å². The van der Waals surface area contributed by atoms with Crippen LogP contribution in [0.5, 0.6) is 0 Å². The van der Waals surface area contributed by atoms with Crippen LogP contribution in [0.15, 0.2) is 42.5 Å². The lowest BCUT2D eigenvalue weighted by Crippen LogP contribution is -1.83. The maximum atomic E-state index is 10.5. The van der Waals surface area contributed by atoms with Crippen LogP contribution in [0.1, 0.15) is 12.5 Å². The largest absolute Gasteiger partial charge is 0.295 e. The smallest absolute Gasteiger partial charge is 0.152 e. The summed E-state index contributed by atoms with van der Waals surface area (Å²) >= 11 is 0. The van der Waals surface area contributed by atoms with Crippen LogP contribution in [0.25, 0.3) is 0 Å². The van der Waals surface area contributed by atoms with Gasteiger partial charge in [0, 0.05) is 0 Å². The molecule has 0 radical (unpaired) electrons. The van der Waals surface area contributed by atoms with E-state index >= 15 is 0 Å².